The number of halogens is 3. The molecule has 0 aromatic heterocycles. The lowest BCUT2D eigenvalue weighted by molar-refractivity contribution is -0.223. The molecule has 0 aromatic carbocycles. The first-order chi connectivity index (χ1) is 7.12. The minimum atomic E-state index is -4.48. The second-order valence-electron chi connectivity index (χ2n) is 5.48. The topological polar surface area (TPSA) is 23.5 Å². The Hall–Kier alpha value is -0.290. The van der Waals surface area contributed by atoms with Crippen LogP contribution >= 0.6 is 0 Å². The molecule has 1 atom stereocenters. The lowest BCUT2D eigenvalue weighted by atomic mass is 9.88. The van der Waals surface area contributed by atoms with E-state index in [0.29, 0.717) is 25.9 Å². The standard InChI is InChI=1S/C11H20F3NO/c1-10(2,3)15-6-4-8(5-7-15)9(16)11(12,13)14/h8-9,16H,4-7H2,1-3H3/t9-/m1/s1. The van der Waals surface area contributed by atoms with E-state index < -0.39 is 18.2 Å². The van der Waals surface area contributed by atoms with E-state index in [1.54, 1.807) is 0 Å². The van der Waals surface area contributed by atoms with Crippen LogP contribution in [0.5, 0.6) is 0 Å². The SMILES string of the molecule is CC(C)(C)N1CCC([C@@H](O)C(F)(F)F)CC1. The molecule has 1 aliphatic rings. The van der Waals surface area contributed by atoms with Crippen LogP contribution in [0.2, 0.25) is 0 Å². The number of hydrogen-bond acceptors (Lipinski definition) is 2. The van der Waals surface area contributed by atoms with Crippen molar-refractivity contribution in [3.05, 3.63) is 0 Å². The molecule has 1 rings (SSSR count). The molecule has 1 aliphatic heterocycles. The van der Waals surface area contributed by atoms with E-state index in [1.807, 2.05) is 20.8 Å². The minimum Gasteiger partial charge on any atom is -0.383 e. The molecule has 1 fully saturated rings. The Balaban J connectivity index is 2.50. The van der Waals surface area contributed by atoms with Gasteiger partial charge in [-0.1, -0.05) is 0 Å². The van der Waals surface area contributed by atoms with Crippen molar-refractivity contribution in [2.45, 2.75) is 51.4 Å². The van der Waals surface area contributed by atoms with Crippen molar-refractivity contribution in [3.8, 4) is 0 Å². The lowest BCUT2D eigenvalue weighted by Crippen LogP contribution is -2.49. The van der Waals surface area contributed by atoms with Gasteiger partial charge < -0.3 is 5.11 Å². The Morgan fingerprint density at radius 3 is 1.88 bits per heavy atom. The molecule has 0 aliphatic carbocycles. The van der Waals surface area contributed by atoms with Gasteiger partial charge in [0.05, 0.1) is 0 Å². The van der Waals surface area contributed by atoms with Gasteiger partial charge in [0.25, 0.3) is 0 Å². The van der Waals surface area contributed by atoms with Crippen LogP contribution in [-0.2, 0) is 0 Å². The maximum absolute atomic E-state index is 12.3. The van der Waals surface area contributed by atoms with Gasteiger partial charge in [-0.3, -0.25) is 4.90 Å². The van der Waals surface area contributed by atoms with Gasteiger partial charge in [0.1, 0.15) is 0 Å². The highest BCUT2D eigenvalue weighted by Gasteiger charge is 2.44. The fourth-order valence-corrected chi connectivity index (χ4v) is 2.15. The van der Waals surface area contributed by atoms with Crippen molar-refractivity contribution in [2.24, 2.45) is 5.92 Å². The average Bonchev–Trinajstić information content (AvgIpc) is 2.14. The van der Waals surface area contributed by atoms with Crippen LogP contribution in [0.1, 0.15) is 33.6 Å². The van der Waals surface area contributed by atoms with Crippen LogP contribution in [-0.4, -0.2) is 40.9 Å². The Labute approximate surface area is 94.4 Å². The summed E-state index contributed by atoms with van der Waals surface area (Å²) >= 11 is 0. The number of aliphatic hydroxyl groups is 1. The van der Waals surface area contributed by atoms with Gasteiger partial charge >= 0.3 is 6.18 Å². The van der Waals surface area contributed by atoms with Crippen LogP contribution in [0.3, 0.4) is 0 Å². The molecule has 1 N–H and O–H groups in total. The van der Waals surface area contributed by atoms with E-state index in [-0.39, 0.29) is 5.54 Å². The molecule has 0 saturated carbocycles. The molecule has 0 radical (unpaired) electrons. The zero-order chi connectivity index (χ0) is 12.6. The third-order valence-electron chi connectivity index (χ3n) is 3.27. The predicted octanol–water partition coefficient (Wildman–Crippen LogP) is 2.42. The summed E-state index contributed by atoms with van der Waals surface area (Å²) in [6.07, 6.45) is -5.81. The summed E-state index contributed by atoms with van der Waals surface area (Å²) < 4.78 is 36.9. The maximum atomic E-state index is 12.3. The van der Waals surface area contributed by atoms with E-state index >= 15 is 0 Å². The Kier molecular flexibility index (Phi) is 3.90. The van der Waals surface area contributed by atoms with Gasteiger partial charge in [-0.15, -0.1) is 0 Å². The van der Waals surface area contributed by atoms with Gasteiger partial charge in [0.15, 0.2) is 6.10 Å². The van der Waals surface area contributed by atoms with Crippen LogP contribution in [0.4, 0.5) is 13.2 Å². The number of hydrogen-bond donors (Lipinski definition) is 1. The van der Waals surface area contributed by atoms with Crippen molar-refractivity contribution < 1.29 is 18.3 Å². The van der Waals surface area contributed by atoms with Crippen LogP contribution in [0, 0.1) is 5.92 Å². The normalized spacial score (nSPS) is 23.4. The molecule has 1 heterocycles. The van der Waals surface area contributed by atoms with E-state index in [9.17, 15) is 13.2 Å². The van der Waals surface area contributed by atoms with E-state index in [0.717, 1.165) is 0 Å². The first-order valence-corrected chi connectivity index (χ1v) is 5.62. The number of likely N-dealkylation sites (tertiary alicyclic amines) is 1. The molecule has 0 bridgehead atoms. The monoisotopic (exact) mass is 239 g/mol. The van der Waals surface area contributed by atoms with Crippen molar-refractivity contribution >= 4 is 0 Å². The Morgan fingerprint density at radius 2 is 1.56 bits per heavy atom. The van der Waals surface area contributed by atoms with Gasteiger partial charge in [-0.2, -0.15) is 13.2 Å². The highest BCUT2D eigenvalue weighted by Crippen LogP contribution is 2.33. The van der Waals surface area contributed by atoms with Crippen molar-refractivity contribution in [1.82, 2.24) is 4.90 Å². The molecule has 0 unspecified atom stereocenters. The smallest absolute Gasteiger partial charge is 0.383 e. The summed E-state index contributed by atoms with van der Waals surface area (Å²) in [6, 6.07) is 0. The predicted molar refractivity (Wildman–Crippen MR) is 56.1 cm³/mol. The molecule has 2 nitrogen and oxygen atoms in total. The third-order valence-corrected chi connectivity index (χ3v) is 3.27. The molecule has 0 amide bonds. The zero-order valence-corrected chi connectivity index (χ0v) is 10.0. The summed E-state index contributed by atoms with van der Waals surface area (Å²) in [5.74, 6) is -0.640. The molecule has 0 aromatic rings. The Morgan fingerprint density at radius 1 is 1.12 bits per heavy atom. The fourth-order valence-electron chi connectivity index (χ4n) is 2.15. The number of alkyl halides is 3. The van der Waals surface area contributed by atoms with Crippen molar-refractivity contribution in [1.29, 1.82) is 0 Å². The first kappa shape index (κ1) is 13.8. The second-order valence-corrected chi connectivity index (χ2v) is 5.48. The van der Waals surface area contributed by atoms with E-state index in [4.69, 9.17) is 5.11 Å². The lowest BCUT2D eigenvalue weighted by Gasteiger charge is -2.42. The summed E-state index contributed by atoms with van der Waals surface area (Å²) in [5.41, 5.74) is -0.00580. The number of aliphatic hydroxyl groups excluding tert-OH is 1. The molecule has 96 valence electrons. The molecule has 1 saturated heterocycles. The number of rotatable bonds is 1. The molecule has 5 heteroatoms. The van der Waals surface area contributed by atoms with Crippen LogP contribution in [0.25, 0.3) is 0 Å². The van der Waals surface area contributed by atoms with Gasteiger partial charge in [0.2, 0.25) is 0 Å². The first-order valence-electron chi connectivity index (χ1n) is 5.62. The average molecular weight is 239 g/mol. The highest BCUT2D eigenvalue weighted by molar-refractivity contribution is 4.86. The summed E-state index contributed by atoms with van der Waals surface area (Å²) in [5, 5.41) is 9.16. The summed E-state index contributed by atoms with van der Waals surface area (Å²) in [6.45, 7) is 7.40. The summed E-state index contributed by atoms with van der Waals surface area (Å²) in [7, 11) is 0. The zero-order valence-electron chi connectivity index (χ0n) is 10.0. The van der Waals surface area contributed by atoms with Crippen LogP contribution < -0.4 is 0 Å². The van der Waals surface area contributed by atoms with Gasteiger partial charge in [-0.05, 0) is 52.6 Å². The number of nitrogens with zero attached hydrogens (tertiary/aromatic N) is 1. The third kappa shape index (κ3) is 3.35. The van der Waals surface area contributed by atoms with E-state index in [2.05, 4.69) is 4.90 Å². The number of piperidine rings is 1. The van der Waals surface area contributed by atoms with Crippen LogP contribution in [0.15, 0.2) is 0 Å². The largest absolute Gasteiger partial charge is 0.414 e. The molecular weight excluding hydrogens is 219 g/mol. The molecule has 16 heavy (non-hydrogen) atoms. The highest BCUT2D eigenvalue weighted by atomic mass is 19.4. The molecular formula is C11H20F3NO. The fraction of sp³-hybridized carbons (Fsp3) is 1.00. The quantitative estimate of drug-likeness (QED) is 0.759. The minimum absolute atomic E-state index is 0.00580. The summed E-state index contributed by atoms with van der Waals surface area (Å²) in [4.78, 5) is 2.16. The van der Waals surface area contributed by atoms with E-state index in [1.165, 1.54) is 0 Å². The molecule has 0 spiro atoms. The van der Waals surface area contributed by atoms with Gasteiger partial charge in [0, 0.05) is 5.54 Å². The van der Waals surface area contributed by atoms with Crippen molar-refractivity contribution in [2.75, 3.05) is 13.1 Å². The van der Waals surface area contributed by atoms with Gasteiger partial charge in [-0.25, -0.2) is 0 Å². The van der Waals surface area contributed by atoms with Crippen molar-refractivity contribution in [3.63, 3.8) is 0 Å². The Bertz CT molecular complexity index is 226. The second kappa shape index (κ2) is 4.53. The maximum Gasteiger partial charge on any atom is 0.414 e.